The molecule has 0 atom stereocenters. The Labute approximate surface area is 102 Å². The van der Waals surface area contributed by atoms with E-state index in [1.54, 1.807) is 7.11 Å². The summed E-state index contributed by atoms with van der Waals surface area (Å²) in [6.07, 6.45) is 0. The Morgan fingerprint density at radius 2 is 2.29 bits per heavy atom. The molecule has 0 N–H and O–H groups in total. The summed E-state index contributed by atoms with van der Waals surface area (Å²) in [5.74, 6) is 3.54. The van der Waals surface area contributed by atoms with E-state index in [4.69, 9.17) is 16.3 Å². The molecule has 0 aliphatic heterocycles. The number of alkyl halides is 1. The Kier molecular flexibility index (Phi) is 5.75. The van der Waals surface area contributed by atoms with E-state index >= 15 is 0 Å². The maximum atomic E-state index is 5.61. The van der Waals surface area contributed by atoms with Gasteiger partial charge in [-0.3, -0.25) is 0 Å². The number of thioether (sulfide) groups is 1. The molecule has 1 aromatic carbocycles. The molecule has 0 heterocycles. The molecule has 0 bridgehead atoms. The summed E-state index contributed by atoms with van der Waals surface area (Å²) in [5, 5.41) is 0. The van der Waals surface area contributed by atoms with Crippen LogP contribution >= 0.6 is 39.3 Å². The Morgan fingerprint density at radius 3 is 2.93 bits per heavy atom. The van der Waals surface area contributed by atoms with Gasteiger partial charge in [-0.2, -0.15) is 11.8 Å². The molecule has 14 heavy (non-hydrogen) atoms. The fraction of sp³-hybridized carbons (Fsp3) is 0.400. The molecule has 0 aliphatic rings. The highest BCUT2D eigenvalue weighted by molar-refractivity contribution is 9.10. The van der Waals surface area contributed by atoms with Crippen LogP contribution in [0.5, 0.6) is 5.75 Å². The van der Waals surface area contributed by atoms with Crippen LogP contribution in [0.15, 0.2) is 22.7 Å². The average Bonchev–Trinajstić information content (AvgIpc) is 2.21. The minimum atomic E-state index is 0.701. The van der Waals surface area contributed by atoms with Gasteiger partial charge in [-0.25, -0.2) is 0 Å². The first-order valence-corrected chi connectivity index (χ1v) is 6.72. The highest BCUT2D eigenvalue weighted by Crippen LogP contribution is 2.26. The first-order chi connectivity index (χ1) is 6.77. The van der Waals surface area contributed by atoms with Crippen molar-refractivity contribution in [3.05, 3.63) is 28.2 Å². The summed E-state index contributed by atoms with van der Waals surface area (Å²) in [6.45, 7) is 0. The van der Waals surface area contributed by atoms with Crippen LogP contribution in [0.4, 0.5) is 0 Å². The number of hydrogen-bond donors (Lipinski definition) is 0. The predicted molar refractivity (Wildman–Crippen MR) is 67.6 cm³/mol. The Morgan fingerprint density at radius 1 is 1.50 bits per heavy atom. The van der Waals surface area contributed by atoms with Crippen molar-refractivity contribution < 1.29 is 4.74 Å². The largest absolute Gasteiger partial charge is 0.497 e. The van der Waals surface area contributed by atoms with Gasteiger partial charge in [-0.15, -0.1) is 11.6 Å². The molecule has 0 aromatic heterocycles. The lowest BCUT2D eigenvalue weighted by Gasteiger charge is -2.06. The number of benzene rings is 1. The smallest absolute Gasteiger partial charge is 0.119 e. The van der Waals surface area contributed by atoms with E-state index in [1.807, 2.05) is 30.0 Å². The zero-order chi connectivity index (χ0) is 10.4. The Hall–Kier alpha value is 0.140. The van der Waals surface area contributed by atoms with Crippen molar-refractivity contribution in [1.29, 1.82) is 0 Å². The van der Waals surface area contributed by atoms with E-state index in [0.717, 1.165) is 21.7 Å². The van der Waals surface area contributed by atoms with E-state index in [2.05, 4.69) is 15.9 Å². The molecule has 0 aliphatic carbocycles. The number of methoxy groups -OCH3 is 1. The highest BCUT2D eigenvalue weighted by atomic mass is 79.9. The molecule has 1 nitrogen and oxygen atoms in total. The van der Waals surface area contributed by atoms with Crippen LogP contribution in [0.1, 0.15) is 5.56 Å². The second kappa shape index (κ2) is 6.59. The van der Waals surface area contributed by atoms with Crippen molar-refractivity contribution in [3.8, 4) is 5.75 Å². The Bertz CT molecular complexity index is 293. The van der Waals surface area contributed by atoms with Crippen LogP contribution in [0.3, 0.4) is 0 Å². The van der Waals surface area contributed by atoms with Crippen LogP contribution in [0.2, 0.25) is 0 Å². The van der Waals surface area contributed by atoms with E-state index in [9.17, 15) is 0 Å². The molecule has 0 spiro atoms. The molecule has 1 aromatic rings. The van der Waals surface area contributed by atoms with Crippen molar-refractivity contribution in [2.75, 3.05) is 18.7 Å². The summed E-state index contributed by atoms with van der Waals surface area (Å²) in [6, 6.07) is 6.00. The minimum Gasteiger partial charge on any atom is -0.497 e. The van der Waals surface area contributed by atoms with Gasteiger partial charge in [-0.1, -0.05) is 15.9 Å². The fourth-order valence-corrected chi connectivity index (χ4v) is 2.64. The molecule has 0 saturated heterocycles. The van der Waals surface area contributed by atoms with Gasteiger partial charge in [0.15, 0.2) is 0 Å². The third kappa shape index (κ3) is 3.71. The average molecular weight is 296 g/mol. The third-order valence-corrected chi connectivity index (χ3v) is 3.93. The molecule has 0 saturated carbocycles. The maximum Gasteiger partial charge on any atom is 0.119 e. The molecular weight excluding hydrogens is 284 g/mol. The number of ether oxygens (including phenoxy) is 1. The van der Waals surface area contributed by atoms with E-state index < -0.39 is 0 Å². The van der Waals surface area contributed by atoms with Gasteiger partial charge in [0.05, 0.1) is 7.11 Å². The zero-order valence-electron chi connectivity index (χ0n) is 7.93. The van der Waals surface area contributed by atoms with Crippen LogP contribution in [0, 0.1) is 0 Å². The van der Waals surface area contributed by atoms with Gasteiger partial charge in [0.1, 0.15) is 5.75 Å². The van der Waals surface area contributed by atoms with Gasteiger partial charge < -0.3 is 4.74 Å². The summed E-state index contributed by atoms with van der Waals surface area (Å²) < 4.78 is 6.29. The van der Waals surface area contributed by atoms with E-state index in [1.165, 1.54) is 5.56 Å². The number of hydrogen-bond acceptors (Lipinski definition) is 2. The monoisotopic (exact) mass is 294 g/mol. The van der Waals surface area contributed by atoms with Gasteiger partial charge in [0, 0.05) is 21.9 Å². The summed E-state index contributed by atoms with van der Waals surface area (Å²) in [7, 11) is 1.68. The Balaban J connectivity index is 2.64. The lowest BCUT2D eigenvalue weighted by atomic mass is 10.2. The van der Waals surface area contributed by atoms with Gasteiger partial charge in [0.25, 0.3) is 0 Å². The highest BCUT2D eigenvalue weighted by Gasteiger charge is 2.01. The SMILES string of the molecule is COc1ccc(Br)c(CSCCCl)c1. The molecule has 4 heteroatoms. The second-order valence-electron chi connectivity index (χ2n) is 2.70. The van der Waals surface area contributed by atoms with Gasteiger partial charge in [-0.05, 0) is 23.8 Å². The molecular formula is C10H12BrClOS. The van der Waals surface area contributed by atoms with Gasteiger partial charge >= 0.3 is 0 Å². The number of rotatable bonds is 5. The van der Waals surface area contributed by atoms with E-state index in [-0.39, 0.29) is 0 Å². The first-order valence-electron chi connectivity index (χ1n) is 4.24. The van der Waals surface area contributed by atoms with Crippen LogP contribution in [-0.4, -0.2) is 18.7 Å². The normalized spacial score (nSPS) is 10.2. The van der Waals surface area contributed by atoms with Gasteiger partial charge in [0.2, 0.25) is 0 Å². The first kappa shape index (κ1) is 12.2. The lowest BCUT2D eigenvalue weighted by molar-refractivity contribution is 0.414. The maximum absolute atomic E-state index is 5.61. The van der Waals surface area contributed by atoms with Crippen LogP contribution in [0.25, 0.3) is 0 Å². The molecule has 78 valence electrons. The van der Waals surface area contributed by atoms with Crippen molar-refractivity contribution in [2.24, 2.45) is 0 Å². The standard InChI is InChI=1S/C10H12BrClOS/c1-13-9-2-3-10(11)8(6-9)7-14-5-4-12/h2-3,6H,4-5,7H2,1H3. The summed E-state index contributed by atoms with van der Waals surface area (Å²) in [4.78, 5) is 0. The lowest BCUT2D eigenvalue weighted by Crippen LogP contribution is -1.89. The van der Waals surface area contributed by atoms with E-state index in [0.29, 0.717) is 5.88 Å². The van der Waals surface area contributed by atoms with Crippen molar-refractivity contribution in [1.82, 2.24) is 0 Å². The predicted octanol–water partition coefficient (Wildman–Crippen LogP) is 3.93. The molecule has 0 unspecified atom stereocenters. The minimum absolute atomic E-state index is 0.701. The second-order valence-corrected chi connectivity index (χ2v) is 5.04. The zero-order valence-corrected chi connectivity index (χ0v) is 11.1. The number of halogens is 2. The molecule has 0 fully saturated rings. The molecule has 0 amide bonds. The van der Waals surface area contributed by atoms with Crippen molar-refractivity contribution in [2.45, 2.75) is 5.75 Å². The van der Waals surface area contributed by atoms with Crippen LogP contribution < -0.4 is 4.74 Å². The molecule has 1 rings (SSSR count). The third-order valence-electron chi connectivity index (χ3n) is 1.73. The molecule has 0 radical (unpaired) electrons. The quantitative estimate of drug-likeness (QED) is 0.601. The fourth-order valence-electron chi connectivity index (χ4n) is 1.03. The summed E-state index contributed by atoms with van der Waals surface area (Å²) in [5.41, 5.74) is 1.25. The topological polar surface area (TPSA) is 9.23 Å². The van der Waals surface area contributed by atoms with Crippen LogP contribution in [-0.2, 0) is 5.75 Å². The van der Waals surface area contributed by atoms with Crippen molar-refractivity contribution >= 4 is 39.3 Å². The van der Waals surface area contributed by atoms with Crippen molar-refractivity contribution in [3.63, 3.8) is 0 Å². The summed E-state index contributed by atoms with van der Waals surface area (Å²) >= 11 is 10.9.